The van der Waals surface area contributed by atoms with Gasteiger partial charge in [-0.3, -0.25) is 0 Å². The molecule has 7 nitrogen and oxygen atoms in total. The van der Waals surface area contributed by atoms with Gasteiger partial charge in [-0.2, -0.15) is 0 Å². The second-order valence-corrected chi connectivity index (χ2v) is 8.38. The van der Waals surface area contributed by atoms with E-state index in [1.54, 1.807) is 0 Å². The number of nitrogens with zero attached hydrogens (tertiary/aromatic N) is 2. The average Bonchev–Trinajstić information content (AvgIpc) is 2.89. The van der Waals surface area contributed by atoms with E-state index >= 15 is 0 Å². The Morgan fingerprint density at radius 3 is 2.19 bits per heavy atom. The maximum absolute atomic E-state index is 12.5. The molecule has 2 N–H and O–H groups in total. The van der Waals surface area contributed by atoms with Crippen molar-refractivity contribution in [3.63, 3.8) is 0 Å². The molecular weight excluding hydrogens is 344 g/mol. The molecular formula is C20H36N4O3. The van der Waals surface area contributed by atoms with Crippen LogP contribution in [-0.4, -0.2) is 71.8 Å². The van der Waals surface area contributed by atoms with Gasteiger partial charge in [-0.05, 0) is 65.7 Å². The van der Waals surface area contributed by atoms with Gasteiger partial charge in [0.05, 0.1) is 6.61 Å². The number of urea groups is 1. The number of nitrogens with one attached hydrogen (secondary N) is 2. The molecule has 27 heavy (non-hydrogen) atoms. The second-order valence-electron chi connectivity index (χ2n) is 8.38. The summed E-state index contributed by atoms with van der Waals surface area (Å²) in [6.07, 6.45) is 7.34. The standard InChI is InChI=1S/C20H36N4O3/c1-4-27-20(26)24-17-8-9-18(24)13-16(12-17)21-10-11-22-19(25)23-14(2)6-5-7-15(23)3/h14-18,21H,4-13H2,1-3H3,(H,22,25)/t14-,15+,16?,17-,18+. The number of rotatable bonds is 5. The first-order valence-electron chi connectivity index (χ1n) is 10.8. The van der Waals surface area contributed by atoms with E-state index in [1.165, 1.54) is 6.42 Å². The third kappa shape index (κ3) is 4.68. The summed E-state index contributed by atoms with van der Waals surface area (Å²) < 4.78 is 5.21. The molecule has 0 saturated carbocycles. The van der Waals surface area contributed by atoms with Gasteiger partial charge in [0, 0.05) is 43.3 Å². The van der Waals surface area contributed by atoms with E-state index in [2.05, 4.69) is 24.5 Å². The molecule has 3 aliphatic heterocycles. The first-order valence-corrected chi connectivity index (χ1v) is 10.8. The van der Waals surface area contributed by atoms with Gasteiger partial charge in [0.1, 0.15) is 0 Å². The molecule has 3 amide bonds. The summed E-state index contributed by atoms with van der Waals surface area (Å²) in [5.41, 5.74) is 0. The lowest BCUT2D eigenvalue weighted by Crippen LogP contribution is -2.54. The van der Waals surface area contributed by atoms with E-state index in [9.17, 15) is 9.59 Å². The molecule has 5 atom stereocenters. The normalized spacial score (nSPS) is 33.1. The molecule has 0 aromatic carbocycles. The predicted octanol–water partition coefficient (Wildman–Crippen LogP) is 2.70. The minimum atomic E-state index is -0.152. The first kappa shape index (κ1) is 20.2. The van der Waals surface area contributed by atoms with Crippen LogP contribution >= 0.6 is 0 Å². The molecule has 3 fully saturated rings. The number of carbonyl (C=O) groups is 2. The lowest BCUT2D eigenvalue weighted by atomic mass is 9.98. The van der Waals surface area contributed by atoms with E-state index in [0.29, 0.717) is 43.4 Å². The van der Waals surface area contributed by atoms with E-state index in [-0.39, 0.29) is 12.1 Å². The van der Waals surface area contributed by atoms with Crippen LogP contribution in [0.25, 0.3) is 0 Å². The molecule has 0 radical (unpaired) electrons. The maximum Gasteiger partial charge on any atom is 0.410 e. The van der Waals surface area contributed by atoms with Crippen LogP contribution in [0.15, 0.2) is 0 Å². The number of amides is 3. The minimum absolute atomic E-state index is 0.0636. The third-order valence-corrected chi connectivity index (χ3v) is 6.47. The van der Waals surface area contributed by atoms with Gasteiger partial charge in [-0.25, -0.2) is 9.59 Å². The molecule has 3 aliphatic rings. The number of hydrogen-bond acceptors (Lipinski definition) is 4. The van der Waals surface area contributed by atoms with Gasteiger partial charge in [-0.1, -0.05) is 0 Å². The fraction of sp³-hybridized carbons (Fsp3) is 0.900. The predicted molar refractivity (Wildman–Crippen MR) is 105 cm³/mol. The molecule has 154 valence electrons. The molecule has 2 bridgehead atoms. The van der Waals surface area contributed by atoms with Crippen molar-refractivity contribution < 1.29 is 14.3 Å². The first-order chi connectivity index (χ1) is 13.0. The Balaban J connectivity index is 1.38. The van der Waals surface area contributed by atoms with Crippen molar-refractivity contribution in [3.05, 3.63) is 0 Å². The summed E-state index contributed by atoms with van der Waals surface area (Å²) in [5.74, 6) is 0. The van der Waals surface area contributed by atoms with Gasteiger partial charge in [-0.15, -0.1) is 0 Å². The Morgan fingerprint density at radius 1 is 0.963 bits per heavy atom. The maximum atomic E-state index is 12.5. The topological polar surface area (TPSA) is 73.9 Å². The molecule has 1 unspecified atom stereocenters. The summed E-state index contributed by atoms with van der Waals surface area (Å²) in [6.45, 7) is 7.98. The highest BCUT2D eigenvalue weighted by atomic mass is 16.6. The molecule has 0 aliphatic carbocycles. The zero-order chi connectivity index (χ0) is 19.4. The van der Waals surface area contributed by atoms with Crippen molar-refractivity contribution in [1.82, 2.24) is 20.4 Å². The number of likely N-dealkylation sites (tertiary alicyclic amines) is 1. The highest BCUT2D eigenvalue weighted by Gasteiger charge is 2.43. The van der Waals surface area contributed by atoms with Crippen molar-refractivity contribution >= 4 is 12.1 Å². The van der Waals surface area contributed by atoms with E-state index < -0.39 is 0 Å². The Hall–Kier alpha value is -1.50. The quantitative estimate of drug-likeness (QED) is 0.719. The van der Waals surface area contributed by atoms with Gasteiger partial charge < -0.3 is 25.2 Å². The van der Waals surface area contributed by atoms with Crippen molar-refractivity contribution in [2.45, 2.75) is 95.9 Å². The lowest BCUT2D eigenvalue weighted by molar-refractivity contribution is 0.0660. The van der Waals surface area contributed by atoms with Crippen molar-refractivity contribution in [1.29, 1.82) is 0 Å². The van der Waals surface area contributed by atoms with Crippen LogP contribution in [0.1, 0.15) is 65.7 Å². The van der Waals surface area contributed by atoms with Crippen LogP contribution in [-0.2, 0) is 4.74 Å². The number of carbonyl (C=O) groups excluding carboxylic acids is 2. The van der Waals surface area contributed by atoms with E-state index in [4.69, 9.17) is 4.74 Å². The molecule has 0 aromatic rings. The van der Waals surface area contributed by atoms with Crippen molar-refractivity contribution in [3.8, 4) is 0 Å². The summed E-state index contributed by atoms with van der Waals surface area (Å²) >= 11 is 0. The Bertz CT molecular complexity index is 505. The Morgan fingerprint density at radius 2 is 1.59 bits per heavy atom. The van der Waals surface area contributed by atoms with Gasteiger partial charge in [0.15, 0.2) is 0 Å². The van der Waals surface area contributed by atoms with Gasteiger partial charge in [0.25, 0.3) is 0 Å². The van der Waals surface area contributed by atoms with E-state index in [0.717, 1.165) is 45.1 Å². The summed E-state index contributed by atoms with van der Waals surface area (Å²) in [6, 6.07) is 1.72. The number of piperidine rings is 2. The Labute approximate surface area is 163 Å². The number of fused-ring (bicyclic) bond motifs is 2. The minimum Gasteiger partial charge on any atom is -0.450 e. The van der Waals surface area contributed by atoms with Crippen molar-refractivity contribution in [2.75, 3.05) is 19.7 Å². The van der Waals surface area contributed by atoms with Crippen LogP contribution in [0.4, 0.5) is 9.59 Å². The smallest absolute Gasteiger partial charge is 0.410 e. The summed E-state index contributed by atoms with van der Waals surface area (Å²) in [7, 11) is 0. The third-order valence-electron chi connectivity index (χ3n) is 6.47. The Kier molecular flexibility index (Phi) is 6.84. The highest BCUT2D eigenvalue weighted by molar-refractivity contribution is 5.75. The van der Waals surface area contributed by atoms with E-state index in [1.807, 2.05) is 16.7 Å². The zero-order valence-electron chi connectivity index (χ0n) is 17.1. The molecule has 3 rings (SSSR count). The van der Waals surface area contributed by atoms with Crippen molar-refractivity contribution in [2.24, 2.45) is 0 Å². The lowest BCUT2D eigenvalue weighted by Gasteiger charge is -2.39. The molecule has 3 heterocycles. The average molecular weight is 381 g/mol. The van der Waals surface area contributed by atoms with Crippen LogP contribution in [0, 0.1) is 0 Å². The largest absolute Gasteiger partial charge is 0.450 e. The van der Waals surface area contributed by atoms with Gasteiger partial charge in [0.2, 0.25) is 0 Å². The van der Waals surface area contributed by atoms with Crippen LogP contribution in [0.2, 0.25) is 0 Å². The summed E-state index contributed by atoms with van der Waals surface area (Å²) in [4.78, 5) is 28.6. The molecule has 3 saturated heterocycles. The number of ether oxygens (including phenoxy) is 1. The fourth-order valence-corrected chi connectivity index (χ4v) is 5.20. The van der Waals surface area contributed by atoms with Gasteiger partial charge >= 0.3 is 12.1 Å². The second kappa shape index (κ2) is 9.13. The highest BCUT2D eigenvalue weighted by Crippen LogP contribution is 2.36. The van der Waals surface area contributed by atoms with Crippen LogP contribution < -0.4 is 10.6 Å². The molecule has 0 aromatic heterocycles. The van der Waals surface area contributed by atoms with Crippen LogP contribution in [0.5, 0.6) is 0 Å². The SMILES string of the molecule is CCOC(=O)N1[C@@H]2CC[C@H]1CC(NCCNC(=O)N1[C@H](C)CCC[C@@H]1C)C2. The number of hydrogen-bond donors (Lipinski definition) is 2. The summed E-state index contributed by atoms with van der Waals surface area (Å²) in [5, 5.41) is 6.66. The monoisotopic (exact) mass is 380 g/mol. The zero-order valence-corrected chi connectivity index (χ0v) is 17.1. The fourth-order valence-electron chi connectivity index (χ4n) is 5.20. The molecule has 0 spiro atoms. The van der Waals surface area contributed by atoms with Crippen LogP contribution in [0.3, 0.4) is 0 Å². The molecule has 7 heteroatoms.